The van der Waals surface area contributed by atoms with Crippen LogP contribution in [0.3, 0.4) is 0 Å². The lowest BCUT2D eigenvalue weighted by Crippen LogP contribution is -2.27. The molecule has 0 bridgehead atoms. The second-order valence-corrected chi connectivity index (χ2v) is 4.31. The molecule has 1 fully saturated rings. The van der Waals surface area contributed by atoms with E-state index < -0.39 is 23.0 Å². The molecule has 1 aromatic heterocycles. The maximum atomic E-state index is 12.7. The first-order chi connectivity index (χ1) is 7.89. The molecule has 0 aromatic carbocycles. The van der Waals surface area contributed by atoms with Gasteiger partial charge >= 0.3 is 6.18 Å². The Labute approximate surface area is 100 Å². The zero-order valence-electron chi connectivity index (χ0n) is 8.54. The maximum Gasteiger partial charge on any atom is 0.418 e. The van der Waals surface area contributed by atoms with Crippen molar-refractivity contribution in [3.05, 3.63) is 24.0 Å². The average molecular weight is 265 g/mol. The lowest BCUT2D eigenvalue weighted by atomic mass is 10.2. The van der Waals surface area contributed by atoms with Gasteiger partial charge in [0.25, 0.3) is 0 Å². The van der Waals surface area contributed by atoms with E-state index >= 15 is 0 Å². The van der Waals surface area contributed by atoms with Crippen LogP contribution in [-0.2, 0) is 11.0 Å². The van der Waals surface area contributed by atoms with Gasteiger partial charge < -0.3 is 4.90 Å². The molecule has 1 unspecified atom stereocenters. The predicted octanol–water partition coefficient (Wildman–Crippen LogP) is 2.44. The molecule has 0 spiro atoms. The van der Waals surface area contributed by atoms with Crippen LogP contribution >= 0.6 is 11.6 Å². The molecule has 3 nitrogen and oxygen atoms in total. The highest BCUT2D eigenvalue weighted by molar-refractivity contribution is 6.24. The van der Waals surface area contributed by atoms with Gasteiger partial charge in [0, 0.05) is 19.2 Å². The predicted molar refractivity (Wildman–Crippen MR) is 55.9 cm³/mol. The van der Waals surface area contributed by atoms with E-state index in [9.17, 15) is 18.0 Å². The second-order valence-electron chi connectivity index (χ2n) is 3.70. The zero-order valence-corrected chi connectivity index (χ0v) is 9.29. The van der Waals surface area contributed by atoms with Crippen LogP contribution in [0, 0.1) is 0 Å². The number of aromatic nitrogens is 1. The molecule has 1 saturated heterocycles. The number of carbonyl (C=O) groups excluding carboxylic acids is 1. The van der Waals surface area contributed by atoms with Crippen molar-refractivity contribution in [2.24, 2.45) is 0 Å². The van der Waals surface area contributed by atoms with Crippen molar-refractivity contribution in [3.63, 3.8) is 0 Å². The van der Waals surface area contributed by atoms with E-state index in [2.05, 4.69) is 4.98 Å². The van der Waals surface area contributed by atoms with Gasteiger partial charge in [-0.2, -0.15) is 13.2 Å². The number of anilines is 1. The van der Waals surface area contributed by atoms with Gasteiger partial charge in [-0.05, 0) is 6.07 Å². The summed E-state index contributed by atoms with van der Waals surface area (Å²) in [6.07, 6.45) is -2.38. The van der Waals surface area contributed by atoms with Crippen molar-refractivity contribution in [2.45, 2.75) is 18.0 Å². The van der Waals surface area contributed by atoms with Crippen LogP contribution < -0.4 is 4.90 Å². The summed E-state index contributed by atoms with van der Waals surface area (Å²) in [4.78, 5) is 16.2. The lowest BCUT2D eigenvalue weighted by molar-refractivity contribution is -0.137. The highest BCUT2D eigenvalue weighted by Gasteiger charge is 2.38. The minimum absolute atomic E-state index is 0.0494. The number of nitrogens with zero attached hydrogens (tertiary/aromatic N) is 2. The van der Waals surface area contributed by atoms with Crippen LogP contribution in [0.4, 0.5) is 18.9 Å². The molecule has 2 rings (SSSR count). The Bertz CT molecular complexity index is 449. The third kappa shape index (κ3) is 2.36. The highest BCUT2D eigenvalue weighted by atomic mass is 35.5. The number of amides is 1. The molecular weight excluding hydrogens is 257 g/mol. The number of hydrogen-bond donors (Lipinski definition) is 0. The van der Waals surface area contributed by atoms with Gasteiger partial charge in [0.2, 0.25) is 5.91 Å². The summed E-state index contributed by atoms with van der Waals surface area (Å²) in [6, 6.07) is 0.851. The lowest BCUT2D eigenvalue weighted by Gasteiger charge is -2.20. The van der Waals surface area contributed by atoms with Gasteiger partial charge in [0.1, 0.15) is 0 Å². The molecule has 92 valence electrons. The Balaban J connectivity index is 2.42. The van der Waals surface area contributed by atoms with E-state index in [0.717, 1.165) is 23.4 Å². The van der Waals surface area contributed by atoms with Gasteiger partial charge in [-0.25, -0.2) is 0 Å². The van der Waals surface area contributed by atoms with Crippen molar-refractivity contribution < 1.29 is 18.0 Å². The van der Waals surface area contributed by atoms with Crippen LogP contribution in [0.2, 0.25) is 0 Å². The number of carbonyl (C=O) groups is 1. The summed E-state index contributed by atoms with van der Waals surface area (Å²) in [5.74, 6) is -0.413. The van der Waals surface area contributed by atoms with Crippen molar-refractivity contribution in [2.75, 3.05) is 11.4 Å². The van der Waals surface area contributed by atoms with Crippen molar-refractivity contribution in [3.8, 4) is 0 Å². The summed E-state index contributed by atoms with van der Waals surface area (Å²) < 4.78 is 38.2. The molecule has 0 N–H and O–H groups in total. The van der Waals surface area contributed by atoms with Gasteiger partial charge in [-0.3, -0.25) is 9.78 Å². The fraction of sp³-hybridized carbons (Fsp3) is 0.400. The van der Waals surface area contributed by atoms with Crippen LogP contribution in [0.1, 0.15) is 12.0 Å². The molecule has 1 aromatic rings. The number of halogens is 4. The number of pyridine rings is 1. The summed E-state index contributed by atoms with van der Waals surface area (Å²) in [5, 5.41) is -0.455. The Morgan fingerprint density at radius 1 is 1.47 bits per heavy atom. The molecule has 1 atom stereocenters. The van der Waals surface area contributed by atoms with Crippen LogP contribution in [0.15, 0.2) is 18.5 Å². The second kappa shape index (κ2) is 4.18. The Morgan fingerprint density at radius 3 is 2.71 bits per heavy atom. The summed E-state index contributed by atoms with van der Waals surface area (Å²) in [5.41, 5.74) is -1.10. The maximum absolute atomic E-state index is 12.7. The Hall–Kier alpha value is -1.30. The molecule has 17 heavy (non-hydrogen) atoms. The minimum atomic E-state index is -4.51. The topological polar surface area (TPSA) is 33.2 Å². The molecule has 7 heteroatoms. The van der Waals surface area contributed by atoms with E-state index in [0.29, 0.717) is 0 Å². The van der Waals surface area contributed by atoms with E-state index in [1.165, 1.54) is 0 Å². The van der Waals surface area contributed by atoms with Crippen LogP contribution in [-0.4, -0.2) is 22.8 Å². The monoisotopic (exact) mass is 264 g/mol. The zero-order chi connectivity index (χ0) is 12.6. The normalized spacial score (nSPS) is 21.1. The SMILES string of the molecule is O=C1CC(Cl)CN1c1cnccc1C(F)(F)F. The number of alkyl halides is 4. The fourth-order valence-electron chi connectivity index (χ4n) is 1.74. The van der Waals surface area contributed by atoms with Gasteiger partial charge in [0.15, 0.2) is 0 Å². The smallest absolute Gasteiger partial charge is 0.309 e. The van der Waals surface area contributed by atoms with E-state index in [1.54, 1.807) is 0 Å². The quantitative estimate of drug-likeness (QED) is 0.730. The molecule has 0 radical (unpaired) electrons. The first-order valence-electron chi connectivity index (χ1n) is 4.85. The highest BCUT2D eigenvalue weighted by Crippen LogP contribution is 2.37. The average Bonchev–Trinajstić information content (AvgIpc) is 2.56. The molecular formula is C10H8ClF3N2O. The van der Waals surface area contributed by atoms with Gasteiger partial charge in [-0.15, -0.1) is 11.6 Å². The van der Waals surface area contributed by atoms with E-state index in [4.69, 9.17) is 11.6 Å². The van der Waals surface area contributed by atoms with Crippen LogP contribution in [0.25, 0.3) is 0 Å². The summed E-state index contributed by atoms with van der Waals surface area (Å²) >= 11 is 5.75. The molecule has 1 amide bonds. The number of hydrogen-bond acceptors (Lipinski definition) is 2. The van der Waals surface area contributed by atoms with Crippen molar-refractivity contribution >= 4 is 23.2 Å². The summed E-state index contributed by atoms with van der Waals surface area (Å²) in [7, 11) is 0. The molecule has 0 aliphatic carbocycles. The third-order valence-electron chi connectivity index (χ3n) is 2.47. The fourth-order valence-corrected chi connectivity index (χ4v) is 2.01. The van der Waals surface area contributed by atoms with Gasteiger partial charge in [-0.1, -0.05) is 0 Å². The van der Waals surface area contributed by atoms with E-state index in [1.807, 2.05) is 0 Å². The number of rotatable bonds is 1. The third-order valence-corrected chi connectivity index (χ3v) is 2.77. The van der Waals surface area contributed by atoms with Crippen LogP contribution in [0.5, 0.6) is 0 Å². The van der Waals surface area contributed by atoms with Crippen molar-refractivity contribution in [1.82, 2.24) is 4.98 Å². The Morgan fingerprint density at radius 2 is 2.18 bits per heavy atom. The molecule has 1 aliphatic heterocycles. The van der Waals surface area contributed by atoms with Crippen molar-refractivity contribution in [1.29, 1.82) is 0 Å². The first-order valence-corrected chi connectivity index (χ1v) is 5.29. The standard InChI is InChI=1S/C10H8ClF3N2O/c11-6-3-9(17)16(5-6)8-4-15-2-1-7(8)10(12,13)14/h1-2,4,6H,3,5H2. The first kappa shape index (κ1) is 12.2. The largest absolute Gasteiger partial charge is 0.418 e. The molecule has 1 aliphatic rings. The summed E-state index contributed by atoms with van der Waals surface area (Å²) in [6.45, 7) is 0.0785. The van der Waals surface area contributed by atoms with Gasteiger partial charge in [0.05, 0.1) is 22.8 Å². The van der Waals surface area contributed by atoms with E-state index in [-0.39, 0.29) is 18.7 Å². The molecule has 2 heterocycles. The Kier molecular flexibility index (Phi) is 2.99. The molecule has 0 saturated carbocycles. The minimum Gasteiger partial charge on any atom is -0.309 e.